The van der Waals surface area contributed by atoms with Crippen LogP contribution >= 0.6 is 0 Å². The molecule has 1 saturated heterocycles. The average Bonchev–Trinajstić information content (AvgIpc) is 2.97. The van der Waals surface area contributed by atoms with E-state index >= 15 is 0 Å². The zero-order valence-corrected chi connectivity index (χ0v) is 12.9. The molecule has 2 atom stereocenters. The summed E-state index contributed by atoms with van der Waals surface area (Å²) in [5.41, 5.74) is 1.61. The maximum atomic E-state index is 12.8. The molecule has 2 aliphatic rings. The SMILES string of the molecule is C=CC[C@@]12CC[C@H](c3ccccc3)N1c1ccccc1OC2=O. The van der Waals surface area contributed by atoms with Gasteiger partial charge in [0.15, 0.2) is 5.75 Å². The van der Waals surface area contributed by atoms with Crippen molar-refractivity contribution in [2.45, 2.75) is 30.8 Å². The van der Waals surface area contributed by atoms with Gasteiger partial charge in [0.1, 0.15) is 5.54 Å². The van der Waals surface area contributed by atoms with E-state index in [1.807, 2.05) is 36.4 Å². The third kappa shape index (κ3) is 2.00. The number of benzene rings is 2. The topological polar surface area (TPSA) is 29.5 Å². The second-order valence-electron chi connectivity index (χ2n) is 6.22. The maximum absolute atomic E-state index is 12.8. The van der Waals surface area contributed by atoms with Gasteiger partial charge < -0.3 is 9.64 Å². The van der Waals surface area contributed by atoms with Gasteiger partial charge in [-0.15, -0.1) is 6.58 Å². The third-order valence-corrected chi connectivity index (χ3v) is 4.98. The summed E-state index contributed by atoms with van der Waals surface area (Å²) in [7, 11) is 0. The molecule has 2 aromatic carbocycles. The molecule has 4 rings (SSSR count). The lowest BCUT2D eigenvalue weighted by Crippen LogP contribution is -2.55. The monoisotopic (exact) mass is 305 g/mol. The molecule has 3 heteroatoms. The van der Waals surface area contributed by atoms with Crippen LogP contribution in [0.1, 0.15) is 30.9 Å². The lowest BCUT2D eigenvalue weighted by atomic mass is 9.90. The first-order valence-electron chi connectivity index (χ1n) is 8.03. The number of hydrogen-bond donors (Lipinski definition) is 0. The quantitative estimate of drug-likeness (QED) is 0.482. The van der Waals surface area contributed by atoms with Gasteiger partial charge in [0, 0.05) is 0 Å². The summed E-state index contributed by atoms with van der Waals surface area (Å²) in [5.74, 6) is 0.495. The lowest BCUT2D eigenvalue weighted by molar-refractivity contribution is -0.141. The Labute approximate surface area is 136 Å². The van der Waals surface area contributed by atoms with Crippen LogP contribution in [0.5, 0.6) is 5.75 Å². The van der Waals surface area contributed by atoms with Gasteiger partial charge in [-0.1, -0.05) is 48.5 Å². The molecule has 0 spiro atoms. The van der Waals surface area contributed by atoms with Crippen LogP contribution in [0.4, 0.5) is 5.69 Å². The fourth-order valence-corrected chi connectivity index (χ4v) is 3.97. The molecule has 0 radical (unpaired) electrons. The first-order valence-corrected chi connectivity index (χ1v) is 8.03. The molecule has 0 unspecified atom stereocenters. The number of anilines is 1. The fourth-order valence-electron chi connectivity index (χ4n) is 3.97. The van der Waals surface area contributed by atoms with E-state index in [2.05, 4.69) is 35.7 Å². The van der Waals surface area contributed by atoms with Gasteiger partial charge in [0.05, 0.1) is 11.7 Å². The summed E-state index contributed by atoms with van der Waals surface area (Å²) in [6, 6.07) is 18.4. The average molecular weight is 305 g/mol. The van der Waals surface area contributed by atoms with Crippen molar-refractivity contribution in [2.24, 2.45) is 0 Å². The highest BCUT2D eigenvalue weighted by molar-refractivity contribution is 5.93. The molecule has 2 aromatic rings. The van der Waals surface area contributed by atoms with E-state index in [1.165, 1.54) is 5.56 Å². The zero-order valence-electron chi connectivity index (χ0n) is 12.9. The predicted octanol–water partition coefficient (Wildman–Crippen LogP) is 4.26. The normalized spacial score (nSPS) is 25.5. The summed E-state index contributed by atoms with van der Waals surface area (Å²) >= 11 is 0. The van der Waals surface area contributed by atoms with E-state index in [4.69, 9.17) is 4.74 Å². The first-order chi connectivity index (χ1) is 11.3. The molecule has 2 heterocycles. The molecule has 23 heavy (non-hydrogen) atoms. The summed E-state index contributed by atoms with van der Waals surface area (Å²) in [6.07, 6.45) is 4.14. The van der Waals surface area contributed by atoms with E-state index < -0.39 is 5.54 Å². The van der Waals surface area contributed by atoms with Crippen molar-refractivity contribution in [1.29, 1.82) is 0 Å². The largest absolute Gasteiger partial charge is 0.423 e. The molecular formula is C20H19NO2. The third-order valence-electron chi connectivity index (χ3n) is 4.98. The fraction of sp³-hybridized carbons (Fsp3) is 0.250. The van der Waals surface area contributed by atoms with Crippen LogP contribution in [-0.4, -0.2) is 11.5 Å². The Bertz CT molecular complexity index is 755. The molecule has 1 fully saturated rings. The van der Waals surface area contributed by atoms with Crippen LogP contribution in [0.15, 0.2) is 67.3 Å². The molecular weight excluding hydrogens is 286 g/mol. The molecule has 0 saturated carbocycles. The minimum Gasteiger partial charge on any atom is -0.423 e. The molecule has 0 amide bonds. The molecule has 0 bridgehead atoms. The number of fused-ring (bicyclic) bond motifs is 3. The molecule has 0 N–H and O–H groups in total. The van der Waals surface area contributed by atoms with Crippen molar-refractivity contribution < 1.29 is 9.53 Å². The Kier molecular flexibility index (Phi) is 3.22. The minimum atomic E-state index is -0.628. The van der Waals surface area contributed by atoms with Gasteiger partial charge in [-0.2, -0.15) is 0 Å². The van der Waals surface area contributed by atoms with Crippen molar-refractivity contribution in [3.63, 3.8) is 0 Å². The highest BCUT2D eigenvalue weighted by Gasteiger charge is 2.55. The van der Waals surface area contributed by atoms with E-state index in [0.29, 0.717) is 12.2 Å². The van der Waals surface area contributed by atoms with E-state index in [9.17, 15) is 4.79 Å². The second kappa shape index (κ2) is 5.27. The van der Waals surface area contributed by atoms with Gasteiger partial charge in [-0.05, 0) is 37.0 Å². The summed E-state index contributed by atoms with van der Waals surface area (Å²) in [4.78, 5) is 15.1. The number of ether oxygens (including phenoxy) is 1. The molecule has 0 aliphatic carbocycles. The Hall–Kier alpha value is -2.55. The number of carbonyl (C=O) groups is 1. The van der Waals surface area contributed by atoms with E-state index in [-0.39, 0.29) is 12.0 Å². The van der Waals surface area contributed by atoms with E-state index in [0.717, 1.165) is 18.5 Å². The van der Waals surface area contributed by atoms with Crippen molar-refractivity contribution in [1.82, 2.24) is 0 Å². The van der Waals surface area contributed by atoms with Crippen molar-refractivity contribution in [3.05, 3.63) is 72.8 Å². The van der Waals surface area contributed by atoms with E-state index in [1.54, 1.807) is 0 Å². The Morgan fingerprint density at radius 1 is 1.17 bits per heavy atom. The number of nitrogens with zero attached hydrogens (tertiary/aromatic N) is 1. The van der Waals surface area contributed by atoms with Crippen molar-refractivity contribution >= 4 is 11.7 Å². The summed E-state index contributed by atoms with van der Waals surface area (Å²) in [5, 5.41) is 0. The van der Waals surface area contributed by atoms with Crippen LogP contribution < -0.4 is 9.64 Å². The Morgan fingerprint density at radius 2 is 1.91 bits per heavy atom. The predicted molar refractivity (Wildman–Crippen MR) is 90.5 cm³/mol. The number of rotatable bonds is 3. The van der Waals surface area contributed by atoms with Crippen LogP contribution in [0.2, 0.25) is 0 Å². The van der Waals surface area contributed by atoms with Crippen LogP contribution in [-0.2, 0) is 4.79 Å². The van der Waals surface area contributed by atoms with Crippen LogP contribution in [0.3, 0.4) is 0 Å². The minimum absolute atomic E-state index is 0.158. The highest BCUT2D eigenvalue weighted by atomic mass is 16.5. The number of carbonyl (C=O) groups excluding carboxylic acids is 1. The number of para-hydroxylation sites is 2. The highest BCUT2D eigenvalue weighted by Crippen LogP contribution is 2.53. The smallest absolute Gasteiger partial charge is 0.337 e. The molecule has 116 valence electrons. The molecule has 3 nitrogen and oxygen atoms in total. The van der Waals surface area contributed by atoms with Crippen molar-refractivity contribution in [3.8, 4) is 5.75 Å². The van der Waals surface area contributed by atoms with Crippen molar-refractivity contribution in [2.75, 3.05) is 4.90 Å². The Morgan fingerprint density at radius 3 is 2.70 bits per heavy atom. The first kappa shape index (κ1) is 14.1. The van der Waals surface area contributed by atoms with Crippen LogP contribution in [0, 0.1) is 0 Å². The number of hydrogen-bond acceptors (Lipinski definition) is 3. The lowest BCUT2D eigenvalue weighted by Gasteiger charge is -2.44. The number of esters is 1. The summed E-state index contributed by atoms with van der Waals surface area (Å²) in [6.45, 7) is 3.86. The van der Waals surface area contributed by atoms with Gasteiger partial charge in [-0.3, -0.25) is 0 Å². The van der Waals surface area contributed by atoms with Gasteiger partial charge >= 0.3 is 5.97 Å². The molecule has 2 aliphatic heterocycles. The summed E-state index contributed by atoms with van der Waals surface area (Å²) < 4.78 is 5.66. The zero-order chi connectivity index (χ0) is 15.9. The van der Waals surface area contributed by atoms with Gasteiger partial charge in [0.2, 0.25) is 0 Å². The second-order valence-corrected chi connectivity index (χ2v) is 6.22. The van der Waals surface area contributed by atoms with Gasteiger partial charge in [0.25, 0.3) is 0 Å². The maximum Gasteiger partial charge on any atom is 0.337 e. The molecule has 0 aromatic heterocycles. The van der Waals surface area contributed by atoms with Crippen LogP contribution in [0.25, 0.3) is 0 Å². The van der Waals surface area contributed by atoms with Gasteiger partial charge in [-0.25, -0.2) is 4.79 Å². The Balaban J connectivity index is 1.89. The standard InChI is InChI=1S/C20H19NO2/c1-2-13-20-14-12-16(15-8-4-3-5-9-15)21(20)17-10-6-7-11-18(17)23-19(20)22/h2-11,16H,1,12-14H2/t16-,20+/m1/s1.